The standard InChI is InChI=1S/C14H18BrNO2/c1-10-3-2-7-16(8-6-10)13-5-4-11(15)9-12(13)14(17)18/h4-5,9-10H,2-3,6-8H2,1H3,(H,17,18). The minimum Gasteiger partial charge on any atom is -0.478 e. The van der Waals surface area contributed by atoms with Gasteiger partial charge >= 0.3 is 5.97 Å². The number of nitrogens with zero attached hydrogens (tertiary/aromatic N) is 1. The molecular formula is C14H18BrNO2. The summed E-state index contributed by atoms with van der Waals surface area (Å²) < 4.78 is 0.812. The Hall–Kier alpha value is -1.03. The average molecular weight is 312 g/mol. The molecule has 1 aromatic rings. The van der Waals surface area contributed by atoms with Gasteiger partial charge in [0, 0.05) is 17.6 Å². The van der Waals surface area contributed by atoms with E-state index >= 15 is 0 Å². The maximum Gasteiger partial charge on any atom is 0.337 e. The summed E-state index contributed by atoms with van der Waals surface area (Å²) in [5.74, 6) is -0.123. The smallest absolute Gasteiger partial charge is 0.337 e. The molecule has 1 N–H and O–H groups in total. The molecule has 0 spiro atoms. The van der Waals surface area contributed by atoms with Gasteiger partial charge in [-0.05, 0) is 43.4 Å². The second kappa shape index (κ2) is 5.74. The van der Waals surface area contributed by atoms with Crippen molar-refractivity contribution >= 4 is 27.6 Å². The molecule has 1 aromatic carbocycles. The Morgan fingerprint density at radius 1 is 1.39 bits per heavy atom. The molecule has 1 aliphatic rings. The van der Waals surface area contributed by atoms with Gasteiger partial charge in [0.25, 0.3) is 0 Å². The Morgan fingerprint density at radius 3 is 2.89 bits per heavy atom. The van der Waals surface area contributed by atoms with E-state index in [0.29, 0.717) is 5.56 Å². The first-order valence-electron chi connectivity index (χ1n) is 6.35. The molecule has 18 heavy (non-hydrogen) atoms. The molecule has 1 unspecified atom stereocenters. The van der Waals surface area contributed by atoms with Crippen LogP contribution in [-0.2, 0) is 0 Å². The third kappa shape index (κ3) is 3.05. The molecule has 1 aliphatic heterocycles. The average Bonchev–Trinajstić information content (AvgIpc) is 2.54. The van der Waals surface area contributed by atoms with Crippen molar-refractivity contribution in [2.24, 2.45) is 5.92 Å². The largest absolute Gasteiger partial charge is 0.478 e. The van der Waals surface area contributed by atoms with E-state index in [1.54, 1.807) is 6.07 Å². The number of halogens is 1. The Bertz CT molecular complexity index is 447. The van der Waals surface area contributed by atoms with Crippen LogP contribution >= 0.6 is 15.9 Å². The lowest BCUT2D eigenvalue weighted by Crippen LogP contribution is -2.26. The molecule has 1 atom stereocenters. The molecule has 4 heteroatoms. The third-order valence-corrected chi connectivity index (χ3v) is 4.04. The van der Waals surface area contributed by atoms with Gasteiger partial charge in [0.2, 0.25) is 0 Å². The summed E-state index contributed by atoms with van der Waals surface area (Å²) in [5.41, 5.74) is 1.23. The van der Waals surface area contributed by atoms with Gasteiger partial charge in [0.1, 0.15) is 0 Å². The quantitative estimate of drug-likeness (QED) is 0.903. The van der Waals surface area contributed by atoms with E-state index in [-0.39, 0.29) is 0 Å². The Kier molecular flexibility index (Phi) is 4.27. The minimum atomic E-state index is -0.858. The maximum atomic E-state index is 11.3. The number of hydrogen-bond acceptors (Lipinski definition) is 2. The minimum absolute atomic E-state index is 0.388. The topological polar surface area (TPSA) is 40.5 Å². The fraction of sp³-hybridized carbons (Fsp3) is 0.500. The number of hydrogen-bond donors (Lipinski definition) is 1. The van der Waals surface area contributed by atoms with E-state index in [1.165, 1.54) is 6.42 Å². The van der Waals surface area contributed by atoms with Crippen LogP contribution in [-0.4, -0.2) is 24.2 Å². The molecule has 1 heterocycles. The first-order valence-corrected chi connectivity index (χ1v) is 7.15. The molecule has 0 radical (unpaired) electrons. The number of carbonyl (C=O) groups is 1. The zero-order valence-electron chi connectivity index (χ0n) is 10.5. The summed E-state index contributed by atoms with van der Waals surface area (Å²) in [6, 6.07) is 5.51. The number of benzene rings is 1. The summed E-state index contributed by atoms with van der Waals surface area (Å²) in [5, 5.41) is 9.30. The molecule has 0 aliphatic carbocycles. The van der Waals surface area contributed by atoms with Crippen molar-refractivity contribution in [2.45, 2.75) is 26.2 Å². The van der Waals surface area contributed by atoms with Gasteiger partial charge in [-0.25, -0.2) is 4.79 Å². The second-order valence-corrected chi connectivity index (χ2v) is 5.91. The lowest BCUT2D eigenvalue weighted by atomic mass is 10.0. The first-order chi connectivity index (χ1) is 8.58. The van der Waals surface area contributed by atoms with Gasteiger partial charge in [-0.15, -0.1) is 0 Å². The molecular weight excluding hydrogens is 294 g/mol. The van der Waals surface area contributed by atoms with Crippen LogP contribution in [0, 0.1) is 5.92 Å². The highest BCUT2D eigenvalue weighted by Gasteiger charge is 2.19. The lowest BCUT2D eigenvalue weighted by Gasteiger charge is -2.24. The lowest BCUT2D eigenvalue weighted by molar-refractivity contribution is 0.0697. The summed E-state index contributed by atoms with van der Waals surface area (Å²) in [6.07, 6.45) is 3.50. The molecule has 0 amide bonds. The van der Waals surface area contributed by atoms with Crippen LogP contribution in [0.2, 0.25) is 0 Å². The Balaban J connectivity index is 2.29. The highest BCUT2D eigenvalue weighted by molar-refractivity contribution is 9.10. The van der Waals surface area contributed by atoms with Crippen molar-refractivity contribution in [3.8, 4) is 0 Å². The maximum absolute atomic E-state index is 11.3. The SMILES string of the molecule is CC1CCCN(c2ccc(Br)cc2C(=O)O)CC1. The second-order valence-electron chi connectivity index (χ2n) is 4.99. The van der Waals surface area contributed by atoms with Gasteiger partial charge in [0.05, 0.1) is 11.3 Å². The molecule has 3 nitrogen and oxygen atoms in total. The molecule has 0 aromatic heterocycles. The molecule has 98 valence electrons. The normalized spacial score (nSPS) is 20.6. The highest BCUT2D eigenvalue weighted by Crippen LogP contribution is 2.28. The number of carboxylic acid groups (broad SMARTS) is 1. The monoisotopic (exact) mass is 311 g/mol. The van der Waals surface area contributed by atoms with Crippen LogP contribution in [0.4, 0.5) is 5.69 Å². The van der Waals surface area contributed by atoms with E-state index in [4.69, 9.17) is 0 Å². The molecule has 1 fully saturated rings. The van der Waals surface area contributed by atoms with Crippen molar-refractivity contribution < 1.29 is 9.90 Å². The Morgan fingerprint density at radius 2 is 2.17 bits per heavy atom. The van der Waals surface area contributed by atoms with Crippen LogP contribution in [0.3, 0.4) is 0 Å². The number of rotatable bonds is 2. The summed E-state index contributed by atoms with van der Waals surface area (Å²) in [4.78, 5) is 13.5. The molecule has 2 rings (SSSR count). The predicted octanol–water partition coefficient (Wildman–Crippen LogP) is 3.77. The van der Waals surface area contributed by atoms with Gasteiger partial charge in [-0.3, -0.25) is 0 Å². The molecule has 0 bridgehead atoms. The summed E-state index contributed by atoms with van der Waals surface area (Å²) in [6.45, 7) is 4.17. The predicted molar refractivity (Wildman–Crippen MR) is 76.3 cm³/mol. The van der Waals surface area contributed by atoms with Gasteiger partial charge < -0.3 is 10.0 Å². The van der Waals surface area contributed by atoms with E-state index < -0.39 is 5.97 Å². The van der Waals surface area contributed by atoms with Crippen LogP contribution < -0.4 is 4.90 Å². The van der Waals surface area contributed by atoms with E-state index in [1.807, 2.05) is 12.1 Å². The summed E-state index contributed by atoms with van der Waals surface area (Å²) >= 11 is 3.33. The van der Waals surface area contributed by atoms with E-state index in [2.05, 4.69) is 27.8 Å². The highest BCUT2D eigenvalue weighted by atomic mass is 79.9. The van der Waals surface area contributed by atoms with Crippen molar-refractivity contribution in [3.63, 3.8) is 0 Å². The van der Waals surface area contributed by atoms with Crippen molar-refractivity contribution in [1.29, 1.82) is 0 Å². The molecule has 0 saturated carbocycles. The Labute approximate surface area is 116 Å². The zero-order valence-corrected chi connectivity index (χ0v) is 12.1. The van der Waals surface area contributed by atoms with Crippen LogP contribution in [0.1, 0.15) is 36.5 Å². The first kappa shape index (κ1) is 13.4. The van der Waals surface area contributed by atoms with Gasteiger partial charge in [-0.1, -0.05) is 22.9 Å². The third-order valence-electron chi connectivity index (χ3n) is 3.55. The number of aromatic carboxylic acids is 1. The van der Waals surface area contributed by atoms with Crippen LogP contribution in [0.15, 0.2) is 22.7 Å². The van der Waals surface area contributed by atoms with E-state index in [9.17, 15) is 9.90 Å². The van der Waals surface area contributed by atoms with Crippen molar-refractivity contribution in [2.75, 3.05) is 18.0 Å². The number of carboxylic acids is 1. The fourth-order valence-electron chi connectivity index (χ4n) is 2.46. The zero-order chi connectivity index (χ0) is 13.1. The van der Waals surface area contributed by atoms with Crippen LogP contribution in [0.5, 0.6) is 0 Å². The van der Waals surface area contributed by atoms with Crippen molar-refractivity contribution in [3.05, 3.63) is 28.2 Å². The van der Waals surface area contributed by atoms with Crippen LogP contribution in [0.25, 0.3) is 0 Å². The summed E-state index contributed by atoms with van der Waals surface area (Å²) in [7, 11) is 0. The van der Waals surface area contributed by atoms with Gasteiger partial charge in [0.15, 0.2) is 0 Å². The fourth-order valence-corrected chi connectivity index (χ4v) is 2.82. The number of anilines is 1. The molecule has 1 saturated heterocycles. The van der Waals surface area contributed by atoms with Gasteiger partial charge in [-0.2, -0.15) is 0 Å². The van der Waals surface area contributed by atoms with Crippen molar-refractivity contribution in [1.82, 2.24) is 0 Å². The van der Waals surface area contributed by atoms with E-state index in [0.717, 1.165) is 42.0 Å².